The largest absolute Gasteiger partial charge is 0.491 e. The van der Waals surface area contributed by atoms with Gasteiger partial charge in [-0.05, 0) is 18.1 Å². The topological polar surface area (TPSA) is 47.5 Å². The summed E-state index contributed by atoms with van der Waals surface area (Å²) in [6.45, 7) is 4.43. The van der Waals surface area contributed by atoms with Crippen LogP contribution in [0.2, 0.25) is 0 Å². The third-order valence-corrected chi connectivity index (χ3v) is 3.35. The van der Waals surface area contributed by atoms with E-state index in [0.717, 1.165) is 6.20 Å². The molecule has 5 nitrogen and oxygen atoms in total. The number of aromatic nitrogens is 2. The number of alkyl halides is 3. The maximum Gasteiger partial charge on any atom is 0.421 e. The molecule has 0 radical (unpaired) electrons. The normalized spacial score (nSPS) is 11.5. The lowest BCUT2D eigenvalue weighted by molar-refractivity contribution is -0.137. The summed E-state index contributed by atoms with van der Waals surface area (Å²) in [5, 5.41) is 0. The Balaban J connectivity index is 2.49. The van der Waals surface area contributed by atoms with Gasteiger partial charge in [-0.2, -0.15) is 18.2 Å². The molecule has 0 bridgehead atoms. The predicted molar refractivity (Wildman–Crippen MR) is 88.4 cm³/mol. The monoisotopic (exact) mass is 355 g/mol. The maximum atomic E-state index is 13.3. The minimum absolute atomic E-state index is 0.143. The fraction of sp³-hybridized carbons (Fsp3) is 0.412. The highest BCUT2D eigenvalue weighted by atomic mass is 19.4. The van der Waals surface area contributed by atoms with E-state index in [-0.39, 0.29) is 17.7 Å². The molecule has 2 aromatic rings. The smallest absolute Gasteiger partial charge is 0.421 e. The second-order valence-corrected chi connectivity index (χ2v) is 5.82. The quantitative estimate of drug-likeness (QED) is 0.773. The predicted octanol–water partition coefficient (Wildman–Crippen LogP) is 4.31. The molecule has 25 heavy (non-hydrogen) atoms. The van der Waals surface area contributed by atoms with Crippen molar-refractivity contribution >= 4 is 11.5 Å². The second kappa shape index (κ2) is 7.58. The number of halogens is 3. The van der Waals surface area contributed by atoms with Gasteiger partial charge in [0, 0.05) is 13.2 Å². The number of hydrogen-bond acceptors (Lipinski definition) is 5. The molecule has 0 fully saturated rings. The molecule has 0 saturated heterocycles. The SMILES string of the molecule is COc1ncc(C(F)(F)F)c(N(C)c2ccccc2OCC(C)C)n1. The number of methoxy groups -OCH3 is 1. The van der Waals surface area contributed by atoms with Crippen molar-refractivity contribution in [2.24, 2.45) is 5.92 Å². The van der Waals surface area contributed by atoms with E-state index in [1.807, 2.05) is 13.8 Å². The molecular formula is C17H20F3N3O2. The van der Waals surface area contributed by atoms with Gasteiger partial charge in [0.05, 0.1) is 19.4 Å². The number of anilines is 2. The first-order chi connectivity index (χ1) is 11.7. The molecule has 0 aliphatic rings. The molecule has 0 unspecified atom stereocenters. The Hall–Kier alpha value is -2.51. The molecule has 0 atom stereocenters. The highest BCUT2D eigenvalue weighted by molar-refractivity contribution is 5.68. The average Bonchev–Trinajstić information content (AvgIpc) is 2.58. The lowest BCUT2D eigenvalue weighted by atomic mass is 10.2. The number of benzene rings is 1. The number of para-hydroxylation sites is 2. The number of nitrogens with zero attached hydrogens (tertiary/aromatic N) is 3. The maximum absolute atomic E-state index is 13.3. The molecule has 0 N–H and O–H groups in total. The molecule has 0 saturated carbocycles. The summed E-state index contributed by atoms with van der Waals surface area (Å²) in [7, 11) is 2.79. The van der Waals surface area contributed by atoms with Crippen LogP contribution in [0.3, 0.4) is 0 Å². The third kappa shape index (κ3) is 4.52. The van der Waals surface area contributed by atoms with Crippen molar-refractivity contribution in [1.29, 1.82) is 0 Å². The second-order valence-electron chi connectivity index (χ2n) is 5.82. The van der Waals surface area contributed by atoms with Crippen LogP contribution in [0.25, 0.3) is 0 Å². The molecule has 0 aliphatic heterocycles. The standard InChI is InChI=1S/C17H20F3N3O2/c1-11(2)10-25-14-8-6-5-7-13(14)23(3)15-12(17(18,19)20)9-21-16(22-15)24-4/h5-9,11H,10H2,1-4H3. The first kappa shape index (κ1) is 18.8. The van der Waals surface area contributed by atoms with Gasteiger partial charge in [-0.3, -0.25) is 0 Å². The van der Waals surface area contributed by atoms with Crippen molar-refractivity contribution in [2.45, 2.75) is 20.0 Å². The Labute approximate surface area is 144 Å². The highest BCUT2D eigenvalue weighted by Gasteiger charge is 2.37. The number of ether oxygens (including phenoxy) is 2. The van der Waals surface area contributed by atoms with Crippen molar-refractivity contribution in [3.63, 3.8) is 0 Å². The molecule has 2 rings (SSSR count). The first-order valence-electron chi connectivity index (χ1n) is 7.67. The fourth-order valence-electron chi connectivity index (χ4n) is 2.14. The van der Waals surface area contributed by atoms with Crippen LogP contribution in [0.4, 0.5) is 24.7 Å². The van der Waals surface area contributed by atoms with E-state index in [2.05, 4.69) is 9.97 Å². The summed E-state index contributed by atoms with van der Waals surface area (Å²) in [6.07, 6.45) is -3.88. The van der Waals surface area contributed by atoms with Crippen LogP contribution in [-0.2, 0) is 6.18 Å². The molecule has 0 amide bonds. The van der Waals surface area contributed by atoms with Crippen LogP contribution in [0.15, 0.2) is 30.5 Å². The van der Waals surface area contributed by atoms with E-state index in [1.54, 1.807) is 24.3 Å². The van der Waals surface area contributed by atoms with Gasteiger partial charge in [-0.15, -0.1) is 0 Å². The Kier molecular flexibility index (Phi) is 5.71. The van der Waals surface area contributed by atoms with Crippen LogP contribution in [-0.4, -0.2) is 30.7 Å². The van der Waals surface area contributed by atoms with Gasteiger partial charge in [-0.25, -0.2) is 4.98 Å². The Bertz CT molecular complexity index is 721. The van der Waals surface area contributed by atoms with Gasteiger partial charge >= 0.3 is 12.2 Å². The Morgan fingerprint density at radius 1 is 1.20 bits per heavy atom. The van der Waals surface area contributed by atoms with E-state index in [4.69, 9.17) is 9.47 Å². The summed E-state index contributed by atoms with van der Waals surface area (Å²) >= 11 is 0. The first-order valence-corrected chi connectivity index (χ1v) is 7.67. The summed E-state index contributed by atoms with van der Waals surface area (Å²) in [4.78, 5) is 8.78. The van der Waals surface area contributed by atoms with Crippen molar-refractivity contribution in [2.75, 3.05) is 25.7 Å². The Morgan fingerprint density at radius 3 is 2.48 bits per heavy atom. The van der Waals surface area contributed by atoms with Gasteiger partial charge in [-0.1, -0.05) is 26.0 Å². The zero-order chi connectivity index (χ0) is 18.6. The van der Waals surface area contributed by atoms with E-state index in [0.29, 0.717) is 18.0 Å². The molecule has 8 heteroatoms. The van der Waals surface area contributed by atoms with E-state index >= 15 is 0 Å². The van der Waals surface area contributed by atoms with Crippen LogP contribution >= 0.6 is 0 Å². The molecule has 0 aliphatic carbocycles. The summed E-state index contributed by atoms with van der Waals surface area (Å²) in [5.41, 5.74) is -0.483. The molecular weight excluding hydrogens is 335 g/mol. The van der Waals surface area contributed by atoms with E-state index < -0.39 is 11.7 Å². The summed E-state index contributed by atoms with van der Waals surface area (Å²) in [5.74, 6) is 0.451. The van der Waals surface area contributed by atoms with Gasteiger partial charge in [0.2, 0.25) is 0 Å². The van der Waals surface area contributed by atoms with Crippen molar-refractivity contribution in [3.8, 4) is 11.8 Å². The number of rotatable bonds is 6. The van der Waals surface area contributed by atoms with Crippen LogP contribution in [0.1, 0.15) is 19.4 Å². The van der Waals surface area contributed by atoms with Gasteiger partial charge in [0.25, 0.3) is 0 Å². The van der Waals surface area contributed by atoms with Gasteiger partial charge < -0.3 is 14.4 Å². The molecule has 136 valence electrons. The van der Waals surface area contributed by atoms with Crippen LogP contribution < -0.4 is 14.4 Å². The lowest BCUT2D eigenvalue weighted by Gasteiger charge is -2.24. The van der Waals surface area contributed by atoms with Crippen LogP contribution in [0, 0.1) is 5.92 Å². The molecule has 1 heterocycles. The number of hydrogen-bond donors (Lipinski definition) is 0. The average molecular weight is 355 g/mol. The molecule has 1 aromatic carbocycles. The van der Waals surface area contributed by atoms with Crippen molar-refractivity contribution in [3.05, 3.63) is 36.0 Å². The summed E-state index contributed by atoms with van der Waals surface area (Å²) in [6, 6.07) is 6.72. The third-order valence-electron chi connectivity index (χ3n) is 3.35. The fourth-order valence-corrected chi connectivity index (χ4v) is 2.14. The highest BCUT2D eigenvalue weighted by Crippen LogP contribution is 2.40. The van der Waals surface area contributed by atoms with Gasteiger partial charge in [0.1, 0.15) is 11.3 Å². The van der Waals surface area contributed by atoms with Crippen molar-refractivity contribution in [1.82, 2.24) is 9.97 Å². The Morgan fingerprint density at radius 2 is 1.88 bits per heavy atom. The zero-order valence-electron chi connectivity index (χ0n) is 14.5. The van der Waals surface area contributed by atoms with E-state index in [1.165, 1.54) is 19.1 Å². The van der Waals surface area contributed by atoms with Gasteiger partial charge in [0.15, 0.2) is 5.82 Å². The summed E-state index contributed by atoms with van der Waals surface area (Å²) < 4.78 is 50.6. The van der Waals surface area contributed by atoms with Crippen molar-refractivity contribution < 1.29 is 22.6 Å². The minimum Gasteiger partial charge on any atom is -0.491 e. The zero-order valence-corrected chi connectivity index (χ0v) is 14.5. The molecule has 1 aromatic heterocycles. The molecule has 0 spiro atoms. The van der Waals surface area contributed by atoms with E-state index in [9.17, 15) is 13.2 Å². The van der Waals surface area contributed by atoms with Crippen LogP contribution in [0.5, 0.6) is 11.8 Å². The minimum atomic E-state index is -4.59. The lowest BCUT2D eigenvalue weighted by Crippen LogP contribution is -2.20.